The lowest BCUT2D eigenvalue weighted by Crippen LogP contribution is -2.48. The maximum atomic E-state index is 12.8. The first kappa shape index (κ1) is 24.3. The Morgan fingerprint density at radius 3 is 2.32 bits per heavy atom. The number of aliphatic hydroxyl groups is 1. The molecule has 8 nitrogen and oxygen atoms in total. The van der Waals surface area contributed by atoms with E-state index in [0.717, 1.165) is 24.0 Å². The Morgan fingerprint density at radius 1 is 1.06 bits per heavy atom. The average Bonchev–Trinajstić information content (AvgIpc) is 3.21. The van der Waals surface area contributed by atoms with Gasteiger partial charge in [0.05, 0.1) is 24.0 Å². The topological polar surface area (TPSA) is 101 Å². The molecule has 0 bridgehead atoms. The summed E-state index contributed by atoms with van der Waals surface area (Å²) in [6.07, 6.45) is -2.36. The standard InChI is InChI=1S/C22H24F3N5O3S/c1-34(32,33)29-12-10-21(31,11-13-29)15-30-27-20(26-28-30)19-5-3-2-4-17(19)14-16-6-8-18(9-7-16)22(23,24)25/h2-9,31H,10-15H2,1H3. The maximum absolute atomic E-state index is 12.8. The number of alkyl halides is 3. The zero-order valence-electron chi connectivity index (χ0n) is 18.4. The van der Waals surface area contributed by atoms with Gasteiger partial charge in [-0.3, -0.25) is 0 Å². The number of sulfonamides is 1. The first-order valence-electron chi connectivity index (χ1n) is 10.6. The van der Waals surface area contributed by atoms with Crippen LogP contribution in [0.4, 0.5) is 13.2 Å². The molecule has 1 N–H and O–H groups in total. The summed E-state index contributed by atoms with van der Waals surface area (Å²) in [6, 6.07) is 12.3. The van der Waals surface area contributed by atoms with Crippen LogP contribution in [0.25, 0.3) is 11.4 Å². The Balaban J connectivity index is 1.48. The molecule has 0 amide bonds. The lowest BCUT2D eigenvalue weighted by molar-refractivity contribution is -0.137. The number of nitrogens with zero attached hydrogens (tertiary/aromatic N) is 5. The Hall–Kier alpha value is -2.83. The minimum absolute atomic E-state index is 0.0681. The first-order valence-corrected chi connectivity index (χ1v) is 12.5. The second kappa shape index (κ2) is 9.08. The fourth-order valence-corrected chi connectivity index (χ4v) is 4.84. The quantitative estimate of drug-likeness (QED) is 0.565. The summed E-state index contributed by atoms with van der Waals surface area (Å²) >= 11 is 0. The molecular formula is C22H24F3N5O3S. The van der Waals surface area contributed by atoms with Crippen LogP contribution in [0.5, 0.6) is 0 Å². The van der Waals surface area contributed by atoms with Crippen molar-refractivity contribution in [1.29, 1.82) is 0 Å². The molecule has 0 spiro atoms. The predicted molar refractivity (Wildman–Crippen MR) is 118 cm³/mol. The van der Waals surface area contributed by atoms with Gasteiger partial charge in [-0.2, -0.15) is 18.0 Å². The van der Waals surface area contributed by atoms with E-state index in [1.165, 1.54) is 21.2 Å². The van der Waals surface area contributed by atoms with Gasteiger partial charge >= 0.3 is 6.18 Å². The van der Waals surface area contributed by atoms with Gasteiger partial charge in [0.1, 0.15) is 0 Å². The number of piperidine rings is 1. The van der Waals surface area contributed by atoms with Gasteiger partial charge in [0.2, 0.25) is 15.8 Å². The third-order valence-corrected chi connectivity index (χ3v) is 7.25. The number of rotatable bonds is 6. The smallest absolute Gasteiger partial charge is 0.388 e. The van der Waals surface area contributed by atoms with Crippen molar-refractivity contribution in [2.24, 2.45) is 0 Å². The zero-order chi connectivity index (χ0) is 24.6. The highest BCUT2D eigenvalue weighted by atomic mass is 32.2. The lowest BCUT2D eigenvalue weighted by atomic mass is 9.93. The maximum Gasteiger partial charge on any atom is 0.416 e. The number of hydrogen-bond donors (Lipinski definition) is 1. The van der Waals surface area contributed by atoms with Crippen molar-refractivity contribution in [1.82, 2.24) is 24.5 Å². The summed E-state index contributed by atoms with van der Waals surface area (Å²) in [5.41, 5.74) is 0.363. The first-order chi connectivity index (χ1) is 15.9. The summed E-state index contributed by atoms with van der Waals surface area (Å²) in [4.78, 5) is 1.29. The second-order valence-corrected chi connectivity index (χ2v) is 10.5. The van der Waals surface area contributed by atoms with Crippen LogP contribution in [-0.2, 0) is 29.2 Å². The average molecular weight is 496 g/mol. The molecule has 182 valence electrons. The lowest BCUT2D eigenvalue weighted by Gasteiger charge is -2.36. The number of benzene rings is 2. The van der Waals surface area contributed by atoms with Crippen LogP contribution in [0.1, 0.15) is 29.5 Å². The minimum atomic E-state index is -4.38. The molecule has 12 heteroatoms. The Morgan fingerprint density at radius 2 is 1.71 bits per heavy atom. The molecule has 2 heterocycles. The number of hydrogen-bond acceptors (Lipinski definition) is 6. The van der Waals surface area contributed by atoms with E-state index in [4.69, 9.17) is 0 Å². The van der Waals surface area contributed by atoms with E-state index in [9.17, 15) is 26.7 Å². The third-order valence-electron chi connectivity index (χ3n) is 5.94. The van der Waals surface area contributed by atoms with Crippen LogP contribution in [0.15, 0.2) is 48.5 Å². The van der Waals surface area contributed by atoms with Crippen molar-refractivity contribution >= 4 is 10.0 Å². The molecule has 3 aromatic rings. The van der Waals surface area contributed by atoms with Crippen molar-refractivity contribution in [2.75, 3.05) is 19.3 Å². The van der Waals surface area contributed by atoms with Crippen molar-refractivity contribution in [3.63, 3.8) is 0 Å². The fraction of sp³-hybridized carbons (Fsp3) is 0.409. The van der Waals surface area contributed by atoms with Gasteiger partial charge in [0.15, 0.2) is 0 Å². The number of aromatic nitrogens is 4. The highest BCUT2D eigenvalue weighted by Gasteiger charge is 2.36. The zero-order valence-corrected chi connectivity index (χ0v) is 19.2. The highest BCUT2D eigenvalue weighted by Crippen LogP contribution is 2.30. The van der Waals surface area contributed by atoms with E-state index in [0.29, 0.717) is 23.4 Å². The Bertz CT molecular complexity index is 1250. The monoisotopic (exact) mass is 495 g/mol. The molecule has 0 atom stereocenters. The third kappa shape index (κ3) is 5.62. The van der Waals surface area contributed by atoms with E-state index < -0.39 is 27.4 Å². The normalized spacial score (nSPS) is 17.1. The van der Waals surface area contributed by atoms with Crippen LogP contribution in [-0.4, -0.2) is 63.0 Å². The van der Waals surface area contributed by atoms with Gasteiger partial charge < -0.3 is 5.11 Å². The van der Waals surface area contributed by atoms with E-state index in [2.05, 4.69) is 15.4 Å². The van der Waals surface area contributed by atoms with Gasteiger partial charge in [0, 0.05) is 18.7 Å². The fourth-order valence-electron chi connectivity index (χ4n) is 4.00. The molecule has 1 fully saturated rings. The Labute approximate surface area is 195 Å². The van der Waals surface area contributed by atoms with E-state index in [1.54, 1.807) is 12.1 Å². The Kier molecular flexibility index (Phi) is 6.49. The van der Waals surface area contributed by atoms with Crippen LogP contribution in [0.3, 0.4) is 0 Å². The molecule has 34 heavy (non-hydrogen) atoms. The highest BCUT2D eigenvalue weighted by molar-refractivity contribution is 7.88. The van der Waals surface area contributed by atoms with Crippen LogP contribution >= 0.6 is 0 Å². The van der Waals surface area contributed by atoms with Crippen LogP contribution in [0, 0.1) is 0 Å². The summed E-state index contributed by atoms with van der Waals surface area (Å²) in [5, 5.41) is 23.4. The van der Waals surface area contributed by atoms with E-state index >= 15 is 0 Å². The van der Waals surface area contributed by atoms with Crippen LogP contribution in [0.2, 0.25) is 0 Å². The predicted octanol–water partition coefficient (Wildman–Crippen LogP) is 2.74. The van der Waals surface area contributed by atoms with Crippen molar-refractivity contribution in [3.8, 4) is 11.4 Å². The van der Waals surface area contributed by atoms with Crippen molar-refractivity contribution in [2.45, 2.75) is 37.6 Å². The summed E-state index contributed by atoms with van der Waals surface area (Å²) < 4.78 is 63.2. The second-order valence-electron chi connectivity index (χ2n) is 8.56. The minimum Gasteiger partial charge on any atom is -0.388 e. The SMILES string of the molecule is CS(=O)(=O)N1CCC(O)(Cn2nnc(-c3ccccc3Cc3ccc(C(F)(F)F)cc3)n2)CC1. The molecule has 1 aliphatic rings. The molecule has 0 unspecified atom stereocenters. The van der Waals surface area contributed by atoms with Crippen molar-refractivity contribution < 1.29 is 26.7 Å². The molecule has 0 saturated carbocycles. The van der Waals surface area contributed by atoms with E-state index in [-0.39, 0.29) is 32.5 Å². The van der Waals surface area contributed by atoms with Gasteiger partial charge in [-0.05, 0) is 47.7 Å². The van der Waals surface area contributed by atoms with Gasteiger partial charge in [-0.15, -0.1) is 10.2 Å². The summed E-state index contributed by atoms with van der Waals surface area (Å²) in [5.74, 6) is 0.333. The molecule has 1 aliphatic heterocycles. The molecule has 1 saturated heterocycles. The number of tetrazole rings is 1. The van der Waals surface area contributed by atoms with Crippen molar-refractivity contribution in [3.05, 3.63) is 65.2 Å². The van der Waals surface area contributed by atoms with Gasteiger partial charge in [-0.1, -0.05) is 36.4 Å². The summed E-state index contributed by atoms with van der Waals surface area (Å²) in [7, 11) is -3.31. The molecule has 1 aromatic heterocycles. The molecule has 0 radical (unpaired) electrons. The molecule has 0 aliphatic carbocycles. The molecular weight excluding hydrogens is 471 g/mol. The van der Waals surface area contributed by atoms with Gasteiger partial charge in [-0.25, -0.2) is 12.7 Å². The molecule has 4 rings (SSSR count). The van der Waals surface area contributed by atoms with Gasteiger partial charge in [0.25, 0.3) is 0 Å². The van der Waals surface area contributed by atoms with E-state index in [1.807, 2.05) is 12.1 Å². The van der Waals surface area contributed by atoms with Crippen LogP contribution < -0.4 is 0 Å². The number of halogens is 3. The summed E-state index contributed by atoms with van der Waals surface area (Å²) in [6.45, 7) is 0.498. The molecule has 2 aromatic carbocycles. The largest absolute Gasteiger partial charge is 0.416 e.